The lowest BCUT2D eigenvalue weighted by Gasteiger charge is -1.98. The molecule has 0 aliphatic heterocycles. The maximum atomic E-state index is 11.0. The van der Waals surface area contributed by atoms with Crippen molar-refractivity contribution in [3.05, 3.63) is 29.7 Å². The van der Waals surface area contributed by atoms with Crippen molar-refractivity contribution in [3.63, 3.8) is 0 Å². The van der Waals surface area contributed by atoms with Crippen LogP contribution in [0.4, 0.5) is 0 Å². The average Bonchev–Trinajstić information content (AvgIpc) is 2.45. The number of furan rings is 1. The van der Waals surface area contributed by atoms with Crippen LogP contribution in [-0.4, -0.2) is 11.6 Å². The summed E-state index contributed by atoms with van der Waals surface area (Å²) in [6.45, 7) is 0. The Labute approximate surface area is 62.3 Å². The van der Waals surface area contributed by atoms with Gasteiger partial charge in [0.05, 0.1) is 11.8 Å². The molecule has 2 rings (SSSR count). The second kappa shape index (κ2) is 1.92. The van der Waals surface area contributed by atoms with E-state index in [1.54, 1.807) is 6.08 Å². The first-order valence-corrected chi connectivity index (χ1v) is 3.12. The summed E-state index contributed by atoms with van der Waals surface area (Å²) in [6.07, 6.45) is 5.55. The lowest BCUT2D eigenvalue weighted by Crippen LogP contribution is -2.14. The Morgan fingerprint density at radius 2 is 1.91 bits per heavy atom. The molecular formula is C8H4O3. The lowest BCUT2D eigenvalue weighted by molar-refractivity contribution is -0.110. The molecule has 0 fully saturated rings. The van der Waals surface area contributed by atoms with Crippen LogP contribution in [0.25, 0.3) is 6.08 Å². The topological polar surface area (TPSA) is 47.3 Å². The maximum Gasteiger partial charge on any atom is 0.236 e. The number of Topliss-reactive ketones (excluding diaryl/α,β-unsaturated/α-hetero) is 1. The van der Waals surface area contributed by atoms with E-state index in [0.29, 0.717) is 11.1 Å². The average molecular weight is 148 g/mol. The van der Waals surface area contributed by atoms with Crippen molar-refractivity contribution in [1.29, 1.82) is 0 Å². The van der Waals surface area contributed by atoms with Gasteiger partial charge in [0.1, 0.15) is 6.26 Å². The van der Waals surface area contributed by atoms with Gasteiger partial charge < -0.3 is 4.42 Å². The molecule has 1 aromatic heterocycles. The summed E-state index contributed by atoms with van der Waals surface area (Å²) >= 11 is 0. The summed E-state index contributed by atoms with van der Waals surface area (Å²) in [5, 5.41) is 0. The van der Waals surface area contributed by atoms with Gasteiger partial charge in [-0.2, -0.15) is 0 Å². The van der Waals surface area contributed by atoms with E-state index in [1.165, 1.54) is 18.6 Å². The van der Waals surface area contributed by atoms with Crippen LogP contribution in [0.15, 0.2) is 23.0 Å². The molecule has 0 spiro atoms. The van der Waals surface area contributed by atoms with E-state index in [1.807, 2.05) is 0 Å². The van der Waals surface area contributed by atoms with Crippen LogP contribution < -0.4 is 0 Å². The third-order valence-electron chi connectivity index (χ3n) is 1.57. The van der Waals surface area contributed by atoms with Crippen LogP contribution in [0.5, 0.6) is 0 Å². The molecule has 0 unspecified atom stereocenters. The molecular weight excluding hydrogens is 144 g/mol. The summed E-state index contributed by atoms with van der Waals surface area (Å²) in [5.74, 6) is -0.977. The monoisotopic (exact) mass is 148 g/mol. The summed E-state index contributed by atoms with van der Waals surface area (Å²) in [4.78, 5) is 21.8. The first kappa shape index (κ1) is 6.09. The second-order valence-electron chi connectivity index (χ2n) is 2.27. The van der Waals surface area contributed by atoms with Gasteiger partial charge in [0.15, 0.2) is 0 Å². The van der Waals surface area contributed by atoms with Crippen molar-refractivity contribution < 1.29 is 14.0 Å². The maximum absolute atomic E-state index is 11.0. The fourth-order valence-electron chi connectivity index (χ4n) is 0.994. The fraction of sp³-hybridized carbons (Fsp3) is 0. The van der Waals surface area contributed by atoms with Crippen LogP contribution in [0, 0.1) is 0 Å². The third kappa shape index (κ3) is 0.741. The molecule has 0 atom stereocenters. The van der Waals surface area contributed by atoms with Gasteiger partial charge in [0.25, 0.3) is 0 Å². The molecule has 0 aromatic carbocycles. The number of rotatable bonds is 0. The molecule has 0 saturated carbocycles. The largest absolute Gasteiger partial charge is 0.471 e. The van der Waals surface area contributed by atoms with Crippen LogP contribution >= 0.6 is 0 Å². The van der Waals surface area contributed by atoms with E-state index in [2.05, 4.69) is 0 Å². The minimum absolute atomic E-state index is 0.359. The predicted octanol–water partition coefficient (Wildman–Crippen LogP) is 1.06. The Morgan fingerprint density at radius 1 is 1.09 bits per heavy atom. The van der Waals surface area contributed by atoms with Gasteiger partial charge in [-0.3, -0.25) is 9.59 Å². The molecule has 0 amide bonds. The van der Waals surface area contributed by atoms with Crippen molar-refractivity contribution >= 4 is 17.6 Å². The SMILES string of the molecule is O=C1C=Cc2cocc2C1=O. The van der Waals surface area contributed by atoms with Crippen LogP contribution in [0.2, 0.25) is 0 Å². The molecule has 0 saturated heterocycles. The van der Waals surface area contributed by atoms with Gasteiger partial charge in [-0.25, -0.2) is 0 Å². The highest BCUT2D eigenvalue weighted by Gasteiger charge is 2.21. The Morgan fingerprint density at radius 3 is 2.73 bits per heavy atom. The van der Waals surface area contributed by atoms with Crippen LogP contribution in [0.1, 0.15) is 15.9 Å². The Kier molecular flexibility index (Phi) is 1.06. The van der Waals surface area contributed by atoms with E-state index < -0.39 is 11.6 Å². The number of carbonyl (C=O) groups is 2. The molecule has 1 aromatic rings. The highest BCUT2D eigenvalue weighted by Crippen LogP contribution is 2.17. The Balaban J connectivity index is 2.66. The number of allylic oxidation sites excluding steroid dienone is 1. The summed E-state index contributed by atoms with van der Waals surface area (Å²) < 4.78 is 4.76. The lowest BCUT2D eigenvalue weighted by atomic mass is 10.0. The van der Waals surface area contributed by atoms with Gasteiger partial charge in [-0.1, -0.05) is 0 Å². The van der Waals surface area contributed by atoms with Crippen molar-refractivity contribution in [1.82, 2.24) is 0 Å². The van der Waals surface area contributed by atoms with Crippen molar-refractivity contribution in [2.45, 2.75) is 0 Å². The van der Waals surface area contributed by atoms with Gasteiger partial charge in [-0.05, 0) is 12.2 Å². The number of hydrogen-bond acceptors (Lipinski definition) is 3. The Hall–Kier alpha value is -1.64. The first-order chi connectivity index (χ1) is 5.29. The summed E-state index contributed by atoms with van der Waals surface area (Å²) in [7, 11) is 0. The zero-order chi connectivity index (χ0) is 7.84. The number of ketones is 2. The summed E-state index contributed by atoms with van der Waals surface area (Å²) in [5.41, 5.74) is 1.03. The molecule has 0 N–H and O–H groups in total. The quantitative estimate of drug-likeness (QED) is 0.517. The van der Waals surface area contributed by atoms with Gasteiger partial charge >= 0.3 is 0 Å². The minimum atomic E-state index is -0.490. The van der Waals surface area contributed by atoms with E-state index in [9.17, 15) is 9.59 Å². The molecule has 1 aliphatic carbocycles. The van der Waals surface area contributed by atoms with Crippen LogP contribution in [-0.2, 0) is 4.79 Å². The van der Waals surface area contributed by atoms with Crippen molar-refractivity contribution in [2.24, 2.45) is 0 Å². The standard InChI is InChI=1S/C8H4O3/c9-7-2-1-5-3-11-4-6(5)8(7)10/h1-4H. The van der Waals surface area contributed by atoms with E-state index in [-0.39, 0.29) is 0 Å². The molecule has 1 heterocycles. The van der Waals surface area contributed by atoms with Crippen molar-refractivity contribution in [2.75, 3.05) is 0 Å². The number of carbonyl (C=O) groups excluding carboxylic acids is 2. The van der Waals surface area contributed by atoms with E-state index in [0.717, 1.165) is 0 Å². The van der Waals surface area contributed by atoms with E-state index in [4.69, 9.17) is 4.42 Å². The molecule has 1 aliphatic rings. The van der Waals surface area contributed by atoms with Gasteiger partial charge in [-0.15, -0.1) is 0 Å². The highest BCUT2D eigenvalue weighted by atomic mass is 16.3. The first-order valence-electron chi connectivity index (χ1n) is 3.12. The zero-order valence-electron chi connectivity index (χ0n) is 5.53. The smallest absolute Gasteiger partial charge is 0.236 e. The number of fused-ring (bicyclic) bond motifs is 1. The fourth-order valence-corrected chi connectivity index (χ4v) is 0.994. The van der Waals surface area contributed by atoms with Crippen LogP contribution in [0.3, 0.4) is 0 Å². The highest BCUT2D eigenvalue weighted by molar-refractivity contribution is 6.49. The predicted molar refractivity (Wildman–Crippen MR) is 37.1 cm³/mol. The molecule has 3 nitrogen and oxygen atoms in total. The van der Waals surface area contributed by atoms with Crippen molar-refractivity contribution in [3.8, 4) is 0 Å². The zero-order valence-corrected chi connectivity index (χ0v) is 5.53. The summed E-state index contributed by atoms with van der Waals surface area (Å²) in [6, 6.07) is 0. The number of hydrogen-bond donors (Lipinski definition) is 0. The molecule has 54 valence electrons. The second-order valence-corrected chi connectivity index (χ2v) is 2.27. The molecule has 11 heavy (non-hydrogen) atoms. The normalized spacial score (nSPS) is 15.3. The molecule has 3 heteroatoms. The minimum Gasteiger partial charge on any atom is -0.471 e. The third-order valence-corrected chi connectivity index (χ3v) is 1.57. The van der Waals surface area contributed by atoms with E-state index >= 15 is 0 Å². The Bertz CT molecular complexity index is 357. The molecule has 0 radical (unpaired) electrons. The van der Waals surface area contributed by atoms with Gasteiger partial charge in [0.2, 0.25) is 11.6 Å². The molecule has 0 bridgehead atoms. The van der Waals surface area contributed by atoms with Gasteiger partial charge in [0, 0.05) is 5.56 Å².